The van der Waals surface area contributed by atoms with Gasteiger partial charge in [0.05, 0.1) is 0 Å². The van der Waals surface area contributed by atoms with Crippen LogP contribution in [-0.2, 0) is 9.59 Å². The van der Waals surface area contributed by atoms with E-state index in [1.54, 1.807) is 11.8 Å². The van der Waals surface area contributed by atoms with Crippen LogP contribution in [0.5, 0.6) is 0 Å². The number of carbonyl (C=O) groups excluding carboxylic acids is 2. The van der Waals surface area contributed by atoms with Crippen LogP contribution in [0, 0.1) is 0 Å². The minimum atomic E-state index is 0.129. The highest BCUT2D eigenvalue weighted by atomic mass is 32.2. The number of rotatable bonds is 10. The zero-order chi connectivity index (χ0) is 12.9. The summed E-state index contributed by atoms with van der Waals surface area (Å²) in [4.78, 5) is 22.2. The third-order valence-electron chi connectivity index (χ3n) is 2.09. The second-order valence-corrected chi connectivity index (χ2v) is 5.04. The van der Waals surface area contributed by atoms with Crippen molar-refractivity contribution in [3.05, 3.63) is 0 Å². The van der Waals surface area contributed by atoms with Gasteiger partial charge in [0.1, 0.15) is 0 Å². The molecule has 0 atom stereocenters. The first kappa shape index (κ1) is 16.3. The molecule has 0 bridgehead atoms. The molecule has 0 aromatic rings. The topological polar surface area (TPSA) is 58.2 Å². The first-order chi connectivity index (χ1) is 8.20. The van der Waals surface area contributed by atoms with Gasteiger partial charge in [-0.15, -0.1) is 0 Å². The average Bonchev–Trinajstić information content (AvgIpc) is 2.28. The lowest BCUT2D eigenvalue weighted by Crippen LogP contribution is -2.27. The summed E-state index contributed by atoms with van der Waals surface area (Å²) in [5.41, 5.74) is 0. The number of amides is 2. The second-order valence-electron chi connectivity index (χ2n) is 3.81. The predicted octanol–water partition coefficient (Wildman–Crippen LogP) is 1.55. The van der Waals surface area contributed by atoms with Crippen molar-refractivity contribution in [3.63, 3.8) is 0 Å². The van der Waals surface area contributed by atoms with Crippen molar-refractivity contribution in [2.24, 2.45) is 0 Å². The second kappa shape index (κ2) is 11.8. The Morgan fingerprint density at radius 2 is 1.29 bits per heavy atom. The van der Waals surface area contributed by atoms with Crippen LogP contribution >= 0.6 is 11.8 Å². The molecule has 0 rings (SSSR count). The monoisotopic (exact) mass is 260 g/mol. The maximum atomic E-state index is 11.1. The number of carbonyl (C=O) groups is 2. The van der Waals surface area contributed by atoms with E-state index in [4.69, 9.17) is 0 Å². The van der Waals surface area contributed by atoms with E-state index in [0.717, 1.165) is 24.3 Å². The molecule has 2 N–H and O–H groups in total. The van der Waals surface area contributed by atoms with E-state index in [2.05, 4.69) is 10.6 Å². The van der Waals surface area contributed by atoms with Gasteiger partial charge in [0.25, 0.3) is 0 Å². The molecule has 17 heavy (non-hydrogen) atoms. The van der Waals surface area contributed by atoms with Crippen LogP contribution < -0.4 is 10.6 Å². The fourth-order valence-electron chi connectivity index (χ4n) is 1.26. The van der Waals surface area contributed by atoms with E-state index in [1.807, 2.05) is 13.8 Å². The molecule has 5 heteroatoms. The lowest BCUT2D eigenvalue weighted by molar-refractivity contribution is -0.121. The molecular formula is C12H24N2O2S. The van der Waals surface area contributed by atoms with E-state index in [9.17, 15) is 9.59 Å². The van der Waals surface area contributed by atoms with Gasteiger partial charge in [-0.1, -0.05) is 13.8 Å². The predicted molar refractivity (Wildman–Crippen MR) is 73.2 cm³/mol. The molecule has 0 aliphatic heterocycles. The molecule has 0 heterocycles. The Balaban J connectivity index is 3.18. The van der Waals surface area contributed by atoms with Crippen molar-refractivity contribution >= 4 is 23.6 Å². The SMILES string of the molecule is CCCC(=O)NCCSCCNC(=O)CCC. The minimum Gasteiger partial charge on any atom is -0.355 e. The first-order valence-electron chi connectivity index (χ1n) is 6.31. The van der Waals surface area contributed by atoms with E-state index < -0.39 is 0 Å². The molecule has 0 aromatic carbocycles. The maximum absolute atomic E-state index is 11.1. The van der Waals surface area contributed by atoms with Crippen molar-refractivity contribution in [2.75, 3.05) is 24.6 Å². The molecule has 0 fully saturated rings. The Hall–Kier alpha value is -0.710. The molecule has 0 aromatic heterocycles. The zero-order valence-electron chi connectivity index (χ0n) is 10.9. The Kier molecular flexibility index (Phi) is 11.3. The van der Waals surface area contributed by atoms with Gasteiger partial charge in [0, 0.05) is 37.4 Å². The van der Waals surface area contributed by atoms with Gasteiger partial charge >= 0.3 is 0 Å². The summed E-state index contributed by atoms with van der Waals surface area (Å²) in [7, 11) is 0. The fraction of sp³-hybridized carbons (Fsp3) is 0.833. The normalized spacial score (nSPS) is 10.0. The largest absolute Gasteiger partial charge is 0.355 e. The summed E-state index contributed by atoms with van der Waals surface area (Å²) in [6, 6.07) is 0. The summed E-state index contributed by atoms with van der Waals surface area (Å²) in [5.74, 6) is 2.06. The van der Waals surface area contributed by atoms with Gasteiger partial charge in [0.2, 0.25) is 11.8 Å². The highest BCUT2D eigenvalue weighted by Crippen LogP contribution is 1.97. The molecule has 0 saturated heterocycles. The molecule has 100 valence electrons. The Bertz CT molecular complexity index is 201. The van der Waals surface area contributed by atoms with Crippen molar-refractivity contribution in [1.29, 1.82) is 0 Å². The number of hydrogen-bond donors (Lipinski definition) is 2. The average molecular weight is 260 g/mol. The smallest absolute Gasteiger partial charge is 0.220 e. The summed E-state index contributed by atoms with van der Waals surface area (Å²) in [6.45, 7) is 5.42. The van der Waals surface area contributed by atoms with Gasteiger partial charge in [-0.3, -0.25) is 9.59 Å². The molecule has 0 aliphatic carbocycles. The van der Waals surface area contributed by atoms with E-state index in [0.29, 0.717) is 25.9 Å². The van der Waals surface area contributed by atoms with Crippen LogP contribution in [0.4, 0.5) is 0 Å². The first-order valence-corrected chi connectivity index (χ1v) is 7.47. The van der Waals surface area contributed by atoms with Gasteiger partial charge in [-0.25, -0.2) is 0 Å². The summed E-state index contributed by atoms with van der Waals surface area (Å²) >= 11 is 1.74. The van der Waals surface area contributed by atoms with Gasteiger partial charge < -0.3 is 10.6 Å². The molecule has 0 unspecified atom stereocenters. The summed E-state index contributed by atoms with van der Waals surface area (Å²) in [6.07, 6.45) is 3.00. The molecule has 2 amide bonds. The third kappa shape index (κ3) is 11.6. The van der Waals surface area contributed by atoms with Gasteiger partial charge in [-0.05, 0) is 12.8 Å². The van der Waals surface area contributed by atoms with Crippen molar-refractivity contribution in [2.45, 2.75) is 39.5 Å². The quantitative estimate of drug-likeness (QED) is 0.586. The van der Waals surface area contributed by atoms with E-state index in [-0.39, 0.29) is 11.8 Å². The van der Waals surface area contributed by atoms with Crippen LogP contribution in [-0.4, -0.2) is 36.4 Å². The minimum absolute atomic E-state index is 0.129. The number of hydrogen-bond acceptors (Lipinski definition) is 3. The lowest BCUT2D eigenvalue weighted by atomic mass is 10.3. The Morgan fingerprint density at radius 3 is 1.65 bits per heavy atom. The third-order valence-corrected chi connectivity index (χ3v) is 3.08. The van der Waals surface area contributed by atoms with Crippen LogP contribution in [0.1, 0.15) is 39.5 Å². The maximum Gasteiger partial charge on any atom is 0.220 e. The van der Waals surface area contributed by atoms with Crippen LogP contribution in [0.2, 0.25) is 0 Å². The van der Waals surface area contributed by atoms with Crippen LogP contribution in [0.3, 0.4) is 0 Å². The number of thioether (sulfide) groups is 1. The Morgan fingerprint density at radius 1 is 0.882 bits per heavy atom. The summed E-state index contributed by atoms with van der Waals surface area (Å²) in [5, 5.41) is 5.71. The summed E-state index contributed by atoms with van der Waals surface area (Å²) < 4.78 is 0. The molecule has 4 nitrogen and oxygen atoms in total. The van der Waals surface area contributed by atoms with Gasteiger partial charge in [0.15, 0.2) is 0 Å². The van der Waals surface area contributed by atoms with Crippen LogP contribution in [0.25, 0.3) is 0 Å². The van der Waals surface area contributed by atoms with E-state index in [1.165, 1.54) is 0 Å². The molecule has 0 radical (unpaired) electrons. The van der Waals surface area contributed by atoms with Gasteiger partial charge in [-0.2, -0.15) is 11.8 Å². The zero-order valence-corrected chi connectivity index (χ0v) is 11.7. The highest BCUT2D eigenvalue weighted by Gasteiger charge is 1.99. The van der Waals surface area contributed by atoms with Crippen LogP contribution in [0.15, 0.2) is 0 Å². The van der Waals surface area contributed by atoms with E-state index >= 15 is 0 Å². The van der Waals surface area contributed by atoms with Crippen molar-refractivity contribution in [3.8, 4) is 0 Å². The number of nitrogens with one attached hydrogen (secondary N) is 2. The van der Waals surface area contributed by atoms with Crippen molar-refractivity contribution in [1.82, 2.24) is 10.6 Å². The molecule has 0 saturated carbocycles. The van der Waals surface area contributed by atoms with Crippen molar-refractivity contribution < 1.29 is 9.59 Å². The highest BCUT2D eigenvalue weighted by molar-refractivity contribution is 7.99. The molecular weight excluding hydrogens is 236 g/mol. The molecule has 0 spiro atoms. The standard InChI is InChI=1S/C12H24N2O2S/c1-3-5-11(15)13-7-9-17-10-8-14-12(16)6-4-2/h3-10H2,1-2H3,(H,13,15)(H,14,16). The Labute approximate surface area is 108 Å². The lowest BCUT2D eigenvalue weighted by Gasteiger charge is -2.05. The molecule has 0 aliphatic rings. The fourth-order valence-corrected chi connectivity index (χ4v) is 1.96.